The fourth-order valence-electron chi connectivity index (χ4n) is 1.64. The lowest BCUT2D eigenvalue weighted by Gasteiger charge is -2.19. The highest BCUT2D eigenvalue weighted by atomic mass is 79.9. The van der Waals surface area contributed by atoms with Gasteiger partial charge in [-0.05, 0) is 39.0 Å². The molecule has 0 fully saturated rings. The van der Waals surface area contributed by atoms with Crippen molar-refractivity contribution in [1.82, 2.24) is 9.97 Å². The van der Waals surface area contributed by atoms with Gasteiger partial charge in [0.1, 0.15) is 5.52 Å². The monoisotopic (exact) mass is 368 g/mol. The van der Waals surface area contributed by atoms with E-state index in [1.807, 2.05) is 12.1 Å². The van der Waals surface area contributed by atoms with Crippen molar-refractivity contribution in [3.05, 3.63) is 28.0 Å². The lowest BCUT2D eigenvalue weighted by molar-refractivity contribution is 0.590. The van der Waals surface area contributed by atoms with E-state index in [1.54, 1.807) is 0 Å². The number of aromatic amines is 1. The highest BCUT2D eigenvalue weighted by Crippen LogP contribution is 2.39. The number of H-pyrrole nitrogens is 1. The zero-order valence-corrected chi connectivity index (χ0v) is 14.0. The number of nitrogens with one attached hydrogen (secondary N) is 1. The second-order valence-corrected chi connectivity index (χ2v) is 8.32. The maximum absolute atomic E-state index is 5.83. The van der Waals surface area contributed by atoms with Gasteiger partial charge < -0.3 is 4.98 Å². The van der Waals surface area contributed by atoms with Crippen molar-refractivity contribution in [2.45, 2.75) is 30.0 Å². The van der Waals surface area contributed by atoms with E-state index in [9.17, 15) is 0 Å². The van der Waals surface area contributed by atoms with Gasteiger partial charge in [-0.2, -0.15) is 0 Å². The van der Waals surface area contributed by atoms with Gasteiger partial charge in [-0.15, -0.1) is 0 Å². The van der Waals surface area contributed by atoms with Crippen molar-refractivity contribution < 1.29 is 0 Å². The molecule has 0 saturated heterocycles. The first-order valence-electron chi connectivity index (χ1n) is 5.36. The number of benzene rings is 1. The highest BCUT2D eigenvalue weighted by Gasteiger charge is 2.28. The Morgan fingerprint density at radius 3 is 2.28 bits per heavy atom. The molecule has 0 saturated carbocycles. The number of halogens is 4. The SMILES string of the molecule is CC(C)(C)c1cc(Br)c2nc(C(Cl)(Cl)Cl)[nH]c2c1. The fourth-order valence-corrected chi connectivity index (χ4v) is 2.46. The summed E-state index contributed by atoms with van der Waals surface area (Å²) < 4.78 is -0.651. The van der Waals surface area contributed by atoms with Gasteiger partial charge in [0.25, 0.3) is 0 Å². The number of nitrogens with zero attached hydrogens (tertiary/aromatic N) is 1. The summed E-state index contributed by atoms with van der Waals surface area (Å²) in [7, 11) is 0. The van der Waals surface area contributed by atoms with Gasteiger partial charge in [-0.3, -0.25) is 0 Å². The van der Waals surface area contributed by atoms with E-state index in [0.29, 0.717) is 5.82 Å². The van der Waals surface area contributed by atoms with Crippen LogP contribution in [0.3, 0.4) is 0 Å². The molecule has 1 N–H and O–H groups in total. The minimum absolute atomic E-state index is 0.0436. The molecule has 0 atom stereocenters. The first-order chi connectivity index (χ1) is 8.09. The topological polar surface area (TPSA) is 28.7 Å². The van der Waals surface area contributed by atoms with Crippen molar-refractivity contribution in [2.24, 2.45) is 0 Å². The van der Waals surface area contributed by atoms with Crippen molar-refractivity contribution >= 4 is 61.8 Å². The molecule has 0 bridgehead atoms. The molecule has 18 heavy (non-hydrogen) atoms. The molecule has 0 spiro atoms. The summed E-state index contributed by atoms with van der Waals surface area (Å²) in [5.74, 6) is 0.328. The molecule has 0 aliphatic heterocycles. The van der Waals surface area contributed by atoms with E-state index in [1.165, 1.54) is 5.56 Å². The summed E-state index contributed by atoms with van der Waals surface area (Å²) in [6.45, 7) is 6.44. The maximum atomic E-state index is 5.83. The summed E-state index contributed by atoms with van der Waals surface area (Å²) in [4.78, 5) is 7.36. The maximum Gasteiger partial charge on any atom is 0.248 e. The fraction of sp³-hybridized carbons (Fsp3) is 0.417. The van der Waals surface area contributed by atoms with E-state index < -0.39 is 3.79 Å². The molecule has 1 heterocycles. The van der Waals surface area contributed by atoms with Gasteiger partial charge in [0.2, 0.25) is 3.79 Å². The highest BCUT2D eigenvalue weighted by molar-refractivity contribution is 9.10. The van der Waals surface area contributed by atoms with Gasteiger partial charge in [-0.25, -0.2) is 4.98 Å². The van der Waals surface area contributed by atoms with Crippen LogP contribution in [-0.2, 0) is 9.21 Å². The number of alkyl halides is 3. The van der Waals surface area contributed by atoms with Gasteiger partial charge in [-0.1, -0.05) is 55.6 Å². The van der Waals surface area contributed by atoms with Crippen LogP contribution in [0.2, 0.25) is 0 Å². The average Bonchev–Trinajstić information content (AvgIpc) is 2.59. The predicted molar refractivity (Wildman–Crippen MR) is 81.7 cm³/mol. The van der Waals surface area contributed by atoms with Gasteiger partial charge >= 0.3 is 0 Å². The van der Waals surface area contributed by atoms with E-state index in [2.05, 4.69) is 46.7 Å². The lowest BCUT2D eigenvalue weighted by Crippen LogP contribution is -2.10. The minimum Gasteiger partial charge on any atom is -0.338 e. The van der Waals surface area contributed by atoms with Crippen LogP contribution in [-0.4, -0.2) is 9.97 Å². The smallest absolute Gasteiger partial charge is 0.248 e. The van der Waals surface area contributed by atoms with Crippen LogP contribution in [0.25, 0.3) is 11.0 Å². The first-order valence-corrected chi connectivity index (χ1v) is 7.28. The molecular formula is C12H12BrCl3N2. The van der Waals surface area contributed by atoms with Crippen LogP contribution >= 0.6 is 50.7 Å². The predicted octanol–water partition coefficient (Wildman–Crippen LogP) is 5.45. The molecule has 0 aliphatic carbocycles. The number of rotatable bonds is 0. The molecular weight excluding hydrogens is 358 g/mol. The van der Waals surface area contributed by atoms with Gasteiger partial charge in [0.05, 0.1) is 5.52 Å². The Balaban J connectivity index is 2.67. The molecule has 6 heteroatoms. The summed E-state index contributed by atoms with van der Waals surface area (Å²) in [6, 6.07) is 4.08. The second kappa shape index (κ2) is 4.55. The Labute approximate surface area is 129 Å². The minimum atomic E-state index is -1.54. The van der Waals surface area contributed by atoms with Crippen LogP contribution in [0.4, 0.5) is 0 Å². The standard InChI is InChI=1S/C12H12BrCl3N2/c1-11(2,3)6-4-7(13)9-8(5-6)17-10(18-9)12(14,15)16/h4-5H,1-3H3,(H,17,18). The van der Waals surface area contributed by atoms with E-state index >= 15 is 0 Å². The van der Waals surface area contributed by atoms with Crippen LogP contribution in [0.5, 0.6) is 0 Å². The molecule has 2 rings (SSSR count). The largest absolute Gasteiger partial charge is 0.338 e. The van der Waals surface area contributed by atoms with E-state index in [-0.39, 0.29) is 5.41 Å². The Hall–Kier alpha value is 0.0400. The summed E-state index contributed by atoms with van der Waals surface area (Å²) in [5.41, 5.74) is 2.85. The van der Waals surface area contributed by atoms with Crippen LogP contribution in [0.15, 0.2) is 16.6 Å². The summed E-state index contributed by atoms with van der Waals surface area (Å²) >= 11 is 21.0. The van der Waals surface area contributed by atoms with Crippen molar-refractivity contribution in [3.63, 3.8) is 0 Å². The number of hydrogen-bond donors (Lipinski definition) is 1. The number of aromatic nitrogens is 2. The van der Waals surface area contributed by atoms with E-state index in [4.69, 9.17) is 34.8 Å². The third-order valence-corrected chi connectivity index (χ3v) is 3.82. The number of fused-ring (bicyclic) bond motifs is 1. The molecule has 2 aromatic rings. The molecule has 1 aromatic heterocycles. The normalized spacial score (nSPS) is 13.3. The van der Waals surface area contributed by atoms with Crippen molar-refractivity contribution in [2.75, 3.05) is 0 Å². The van der Waals surface area contributed by atoms with Gasteiger partial charge in [0.15, 0.2) is 5.82 Å². The third-order valence-electron chi connectivity index (χ3n) is 2.67. The van der Waals surface area contributed by atoms with Crippen molar-refractivity contribution in [3.8, 4) is 0 Å². The lowest BCUT2D eigenvalue weighted by atomic mass is 9.87. The zero-order valence-electron chi connectivity index (χ0n) is 10.1. The Morgan fingerprint density at radius 2 is 1.78 bits per heavy atom. The number of imidazole rings is 1. The third kappa shape index (κ3) is 2.79. The molecule has 1 aromatic carbocycles. The molecule has 0 amide bonds. The molecule has 98 valence electrons. The average molecular weight is 371 g/mol. The summed E-state index contributed by atoms with van der Waals surface area (Å²) in [6.07, 6.45) is 0. The second-order valence-electron chi connectivity index (χ2n) is 5.19. The van der Waals surface area contributed by atoms with Gasteiger partial charge in [0, 0.05) is 4.47 Å². The molecule has 0 unspecified atom stereocenters. The quantitative estimate of drug-likeness (QED) is 0.614. The first kappa shape index (κ1) is 14.4. The number of hydrogen-bond acceptors (Lipinski definition) is 1. The zero-order chi connectivity index (χ0) is 13.7. The van der Waals surface area contributed by atoms with Crippen LogP contribution < -0.4 is 0 Å². The van der Waals surface area contributed by atoms with Crippen LogP contribution in [0, 0.1) is 0 Å². The molecule has 2 nitrogen and oxygen atoms in total. The Morgan fingerprint density at radius 1 is 1.17 bits per heavy atom. The van der Waals surface area contributed by atoms with Crippen LogP contribution in [0.1, 0.15) is 32.2 Å². The van der Waals surface area contributed by atoms with Crippen molar-refractivity contribution in [1.29, 1.82) is 0 Å². The molecule has 0 aliphatic rings. The van der Waals surface area contributed by atoms with E-state index in [0.717, 1.165) is 15.5 Å². The Bertz CT molecular complexity index is 594. The molecule has 0 radical (unpaired) electrons. The Kier molecular flexibility index (Phi) is 3.65. The summed E-state index contributed by atoms with van der Waals surface area (Å²) in [5, 5.41) is 0.